The summed E-state index contributed by atoms with van der Waals surface area (Å²) < 4.78 is 6.25. The van der Waals surface area contributed by atoms with Gasteiger partial charge >= 0.3 is 0 Å². The number of hydrogen-bond donors (Lipinski definition) is 0. The third kappa shape index (κ3) is 2.77. The van der Waals surface area contributed by atoms with E-state index < -0.39 is 0 Å². The van der Waals surface area contributed by atoms with Crippen LogP contribution in [0.25, 0.3) is 0 Å². The van der Waals surface area contributed by atoms with E-state index in [1.54, 1.807) is 0 Å². The molecule has 2 fully saturated rings. The van der Waals surface area contributed by atoms with E-state index in [0.29, 0.717) is 12.0 Å². The van der Waals surface area contributed by atoms with Crippen molar-refractivity contribution < 1.29 is 4.74 Å². The molecule has 0 amide bonds. The lowest BCUT2D eigenvalue weighted by molar-refractivity contribution is 0.104. The second-order valence-electron chi connectivity index (χ2n) is 6.10. The van der Waals surface area contributed by atoms with Crippen LogP contribution < -0.4 is 0 Å². The fourth-order valence-electron chi connectivity index (χ4n) is 3.67. The van der Waals surface area contributed by atoms with Crippen molar-refractivity contribution in [3.63, 3.8) is 0 Å². The lowest BCUT2D eigenvalue weighted by Crippen LogP contribution is -2.42. The summed E-state index contributed by atoms with van der Waals surface area (Å²) in [5, 5.41) is 0. The van der Waals surface area contributed by atoms with E-state index in [-0.39, 0.29) is 0 Å². The van der Waals surface area contributed by atoms with Crippen molar-refractivity contribution in [2.75, 3.05) is 39.8 Å². The standard InChI is InChI=1S/C17H25N3O/c1-4-13-7-9-20(11-14(13)5-2)17(18-3)21-16-12-19-8-6-15(16)10-19/h4-5,15-16H,1-2,6-12H2,3H3. The maximum absolute atomic E-state index is 6.25. The zero-order valence-corrected chi connectivity index (χ0v) is 12.9. The summed E-state index contributed by atoms with van der Waals surface area (Å²) >= 11 is 0. The van der Waals surface area contributed by atoms with Gasteiger partial charge in [0.1, 0.15) is 6.10 Å². The van der Waals surface area contributed by atoms with Crippen LogP contribution in [-0.4, -0.2) is 61.7 Å². The maximum atomic E-state index is 6.25. The fourth-order valence-corrected chi connectivity index (χ4v) is 3.67. The van der Waals surface area contributed by atoms with Gasteiger partial charge in [-0.15, -0.1) is 0 Å². The molecule has 0 saturated carbocycles. The van der Waals surface area contributed by atoms with E-state index >= 15 is 0 Å². The number of allylic oxidation sites excluding steroid dienone is 1. The second-order valence-corrected chi connectivity index (χ2v) is 6.10. The van der Waals surface area contributed by atoms with Gasteiger partial charge in [-0.25, -0.2) is 4.99 Å². The van der Waals surface area contributed by atoms with Gasteiger partial charge in [-0.2, -0.15) is 0 Å². The Balaban J connectivity index is 1.66. The van der Waals surface area contributed by atoms with Crippen molar-refractivity contribution in [1.29, 1.82) is 0 Å². The molecular formula is C17H25N3O. The van der Waals surface area contributed by atoms with Gasteiger partial charge in [0.15, 0.2) is 0 Å². The average molecular weight is 287 g/mol. The molecule has 0 aliphatic carbocycles. The maximum Gasteiger partial charge on any atom is 0.287 e. The first-order valence-corrected chi connectivity index (χ1v) is 7.82. The fraction of sp³-hybridized carbons (Fsp3) is 0.588. The van der Waals surface area contributed by atoms with Gasteiger partial charge in [0.2, 0.25) is 0 Å². The SMILES string of the molecule is C=CC1=C(C=C)CN(C(=NC)OC2CN3CCC2C3)CC1. The largest absolute Gasteiger partial charge is 0.460 e. The van der Waals surface area contributed by atoms with Crippen molar-refractivity contribution in [2.24, 2.45) is 10.9 Å². The normalized spacial score (nSPS) is 32.5. The molecular weight excluding hydrogens is 262 g/mol. The van der Waals surface area contributed by atoms with Crippen molar-refractivity contribution in [3.05, 3.63) is 36.5 Å². The van der Waals surface area contributed by atoms with Crippen LogP contribution in [0.5, 0.6) is 0 Å². The first kappa shape index (κ1) is 14.4. The monoisotopic (exact) mass is 287 g/mol. The zero-order chi connectivity index (χ0) is 14.8. The van der Waals surface area contributed by atoms with Crippen LogP contribution in [0.1, 0.15) is 12.8 Å². The van der Waals surface area contributed by atoms with Crippen molar-refractivity contribution >= 4 is 6.02 Å². The number of ether oxygens (including phenoxy) is 1. The van der Waals surface area contributed by atoms with Crippen LogP contribution >= 0.6 is 0 Å². The predicted octanol–water partition coefficient (Wildman–Crippen LogP) is 2.07. The molecule has 3 rings (SSSR count). The molecule has 3 unspecified atom stereocenters. The molecule has 0 aromatic rings. The minimum absolute atomic E-state index is 0.314. The van der Waals surface area contributed by atoms with E-state index in [2.05, 4.69) is 28.0 Å². The first-order valence-electron chi connectivity index (χ1n) is 7.82. The molecule has 2 saturated heterocycles. The summed E-state index contributed by atoms with van der Waals surface area (Å²) in [4.78, 5) is 9.11. The van der Waals surface area contributed by atoms with Crippen LogP contribution in [0, 0.1) is 5.92 Å². The Hall–Kier alpha value is -1.55. The third-order valence-corrected chi connectivity index (χ3v) is 4.91. The topological polar surface area (TPSA) is 28.1 Å². The molecule has 0 aromatic heterocycles. The van der Waals surface area contributed by atoms with Crippen molar-refractivity contribution in [3.8, 4) is 0 Å². The molecule has 3 atom stereocenters. The summed E-state index contributed by atoms with van der Waals surface area (Å²) in [6, 6.07) is 0.788. The first-order chi connectivity index (χ1) is 10.2. The van der Waals surface area contributed by atoms with Gasteiger partial charge < -0.3 is 9.64 Å². The van der Waals surface area contributed by atoms with E-state index in [9.17, 15) is 0 Å². The van der Waals surface area contributed by atoms with Gasteiger partial charge in [0, 0.05) is 39.1 Å². The number of rotatable bonds is 3. The van der Waals surface area contributed by atoms with Crippen molar-refractivity contribution in [1.82, 2.24) is 9.80 Å². The highest BCUT2D eigenvalue weighted by atomic mass is 16.5. The lowest BCUT2D eigenvalue weighted by atomic mass is 10.0. The second kappa shape index (κ2) is 6.06. The number of fused-ring (bicyclic) bond motifs is 2. The highest BCUT2D eigenvalue weighted by Gasteiger charge is 2.40. The highest BCUT2D eigenvalue weighted by Crippen LogP contribution is 2.30. The minimum Gasteiger partial charge on any atom is -0.460 e. The van der Waals surface area contributed by atoms with Crippen LogP contribution in [0.4, 0.5) is 0 Å². The molecule has 21 heavy (non-hydrogen) atoms. The molecule has 114 valence electrons. The molecule has 3 heterocycles. The Labute approximate surface area is 127 Å². The Bertz CT molecular complexity index is 494. The lowest BCUT2D eigenvalue weighted by Gasteiger charge is -2.33. The van der Waals surface area contributed by atoms with Gasteiger partial charge in [-0.3, -0.25) is 4.90 Å². The summed E-state index contributed by atoms with van der Waals surface area (Å²) in [6.07, 6.45) is 6.43. The smallest absolute Gasteiger partial charge is 0.287 e. The molecule has 4 heteroatoms. The molecule has 4 nitrogen and oxygen atoms in total. The van der Waals surface area contributed by atoms with Crippen LogP contribution in [0.15, 0.2) is 41.4 Å². The molecule has 3 aliphatic heterocycles. The Kier molecular flexibility index (Phi) is 4.15. The Morgan fingerprint density at radius 1 is 1.24 bits per heavy atom. The van der Waals surface area contributed by atoms with Gasteiger partial charge in [-0.1, -0.05) is 25.3 Å². The van der Waals surface area contributed by atoms with E-state index in [4.69, 9.17) is 4.74 Å². The summed E-state index contributed by atoms with van der Waals surface area (Å²) in [5.41, 5.74) is 2.53. The van der Waals surface area contributed by atoms with Gasteiger partial charge in [0.25, 0.3) is 6.02 Å². The number of hydrogen-bond acceptors (Lipinski definition) is 3. The summed E-state index contributed by atoms with van der Waals surface area (Å²) in [7, 11) is 1.82. The zero-order valence-electron chi connectivity index (χ0n) is 12.9. The van der Waals surface area contributed by atoms with Crippen LogP contribution in [0.2, 0.25) is 0 Å². The van der Waals surface area contributed by atoms with Gasteiger partial charge in [-0.05, 0) is 30.5 Å². The predicted molar refractivity (Wildman–Crippen MR) is 86.4 cm³/mol. The highest BCUT2D eigenvalue weighted by molar-refractivity contribution is 5.75. The number of aliphatic imine (C=N–C) groups is 1. The van der Waals surface area contributed by atoms with Crippen LogP contribution in [-0.2, 0) is 4.74 Å². The Morgan fingerprint density at radius 3 is 2.62 bits per heavy atom. The van der Waals surface area contributed by atoms with E-state index in [1.165, 1.54) is 30.7 Å². The third-order valence-electron chi connectivity index (χ3n) is 4.91. The summed E-state index contributed by atoms with van der Waals surface area (Å²) in [5.74, 6) is 0.685. The molecule has 3 aliphatic rings. The molecule has 2 bridgehead atoms. The average Bonchev–Trinajstić information content (AvgIpc) is 3.14. The molecule has 0 aromatic carbocycles. The van der Waals surface area contributed by atoms with Crippen molar-refractivity contribution in [2.45, 2.75) is 18.9 Å². The number of piperidine rings is 1. The Morgan fingerprint density at radius 2 is 2.05 bits per heavy atom. The van der Waals surface area contributed by atoms with Crippen LogP contribution in [0.3, 0.4) is 0 Å². The molecule has 0 radical (unpaired) electrons. The van der Waals surface area contributed by atoms with E-state index in [1.807, 2.05) is 19.2 Å². The molecule has 0 N–H and O–H groups in total. The van der Waals surface area contributed by atoms with E-state index in [0.717, 1.165) is 32.1 Å². The summed E-state index contributed by atoms with van der Waals surface area (Å²) in [6.45, 7) is 13.0. The molecule has 0 spiro atoms. The number of nitrogens with zero attached hydrogens (tertiary/aromatic N) is 3. The minimum atomic E-state index is 0.314. The number of amidine groups is 1. The van der Waals surface area contributed by atoms with Gasteiger partial charge in [0.05, 0.1) is 0 Å². The quantitative estimate of drug-likeness (QED) is 0.587.